The Balaban J connectivity index is 2.41. The highest BCUT2D eigenvalue weighted by atomic mass is 79.9. The number of rotatable bonds is 2. The molecule has 0 spiro atoms. The maximum atomic E-state index is 4.08. The minimum absolute atomic E-state index is 0.901. The summed E-state index contributed by atoms with van der Waals surface area (Å²) in [6.07, 6.45) is 1.90. The predicted octanol–water partition coefficient (Wildman–Crippen LogP) is 3.71. The van der Waals surface area contributed by atoms with Crippen molar-refractivity contribution in [1.29, 1.82) is 0 Å². The second-order valence-corrected chi connectivity index (χ2v) is 3.97. The summed E-state index contributed by atoms with van der Waals surface area (Å²) in [5, 5.41) is 2.96. The monoisotopic (exact) mass is 253 g/mol. The number of aromatic nitrogens is 1. The normalized spacial score (nSPS) is 10.2. The van der Waals surface area contributed by atoms with Crippen LogP contribution in [0.2, 0.25) is 0 Å². The van der Waals surface area contributed by atoms with Gasteiger partial charge in [0.2, 0.25) is 0 Å². The van der Waals surface area contributed by atoms with Gasteiger partial charge >= 0.3 is 0 Å². The van der Waals surface area contributed by atoms with Gasteiger partial charge in [-0.05, 0) is 22.7 Å². The number of alkyl halides is 1. The summed E-state index contributed by atoms with van der Waals surface area (Å²) < 4.78 is 4.08. The summed E-state index contributed by atoms with van der Waals surface area (Å²) in [4.78, 5) is 0. The first-order valence-corrected chi connectivity index (χ1v) is 5.90. The van der Waals surface area contributed by atoms with Gasteiger partial charge in [0.1, 0.15) is 0 Å². The quantitative estimate of drug-likeness (QED) is 0.744. The van der Waals surface area contributed by atoms with E-state index in [1.807, 2.05) is 6.20 Å². The molecule has 13 heavy (non-hydrogen) atoms. The van der Waals surface area contributed by atoms with E-state index in [1.165, 1.54) is 28.2 Å². The molecule has 0 N–H and O–H groups in total. The van der Waals surface area contributed by atoms with E-state index < -0.39 is 0 Å². The number of benzene rings is 1. The Hall–Kier alpha value is -0.670. The average molecular weight is 254 g/mol. The summed E-state index contributed by atoms with van der Waals surface area (Å²) in [5.74, 6) is 0. The van der Waals surface area contributed by atoms with Crippen molar-refractivity contribution in [2.24, 2.45) is 0 Å². The molecule has 0 bridgehead atoms. The molecule has 0 fully saturated rings. The van der Waals surface area contributed by atoms with Gasteiger partial charge in [0.15, 0.2) is 0 Å². The Bertz CT molecular complexity index is 384. The minimum atomic E-state index is 0.901. The molecule has 2 aromatic rings. The SMILES string of the molecule is BrCc1cccc(-c2cnsc2)c1. The first kappa shape index (κ1) is 8.91. The molecular formula is C10H8BrNS. The second-order valence-electron chi connectivity index (χ2n) is 2.75. The molecule has 0 aliphatic heterocycles. The molecule has 1 nitrogen and oxygen atoms in total. The molecule has 3 heteroatoms. The Labute approximate surface area is 89.7 Å². The molecule has 0 amide bonds. The number of hydrogen-bond donors (Lipinski definition) is 0. The van der Waals surface area contributed by atoms with Crippen molar-refractivity contribution in [3.05, 3.63) is 41.4 Å². The Kier molecular flexibility index (Phi) is 2.76. The van der Waals surface area contributed by atoms with Gasteiger partial charge in [0.05, 0.1) is 0 Å². The smallest absolute Gasteiger partial charge is 0.0485 e. The lowest BCUT2D eigenvalue weighted by molar-refractivity contribution is 1.43. The van der Waals surface area contributed by atoms with Crippen molar-refractivity contribution in [2.45, 2.75) is 5.33 Å². The van der Waals surface area contributed by atoms with Crippen LogP contribution in [0, 0.1) is 0 Å². The summed E-state index contributed by atoms with van der Waals surface area (Å²) >= 11 is 4.93. The number of nitrogens with zero attached hydrogens (tertiary/aromatic N) is 1. The first-order valence-electron chi connectivity index (χ1n) is 3.95. The lowest BCUT2D eigenvalue weighted by Gasteiger charge is -1.99. The van der Waals surface area contributed by atoms with Crippen molar-refractivity contribution in [1.82, 2.24) is 4.37 Å². The molecule has 0 aliphatic carbocycles. The van der Waals surface area contributed by atoms with Crippen molar-refractivity contribution in [2.75, 3.05) is 0 Å². The van der Waals surface area contributed by atoms with Crippen LogP contribution >= 0.6 is 27.5 Å². The highest BCUT2D eigenvalue weighted by molar-refractivity contribution is 9.08. The van der Waals surface area contributed by atoms with Crippen LogP contribution in [0.4, 0.5) is 0 Å². The lowest BCUT2D eigenvalue weighted by Crippen LogP contribution is -1.78. The van der Waals surface area contributed by atoms with Crippen molar-refractivity contribution >= 4 is 27.5 Å². The van der Waals surface area contributed by atoms with E-state index in [2.05, 4.69) is 49.9 Å². The zero-order valence-electron chi connectivity index (χ0n) is 6.90. The van der Waals surface area contributed by atoms with Crippen LogP contribution < -0.4 is 0 Å². The van der Waals surface area contributed by atoms with Gasteiger partial charge in [-0.3, -0.25) is 0 Å². The zero-order valence-corrected chi connectivity index (χ0v) is 9.31. The first-order chi connectivity index (χ1) is 6.40. The largest absolute Gasteiger partial charge is 0.201 e. The molecule has 0 saturated heterocycles. The van der Waals surface area contributed by atoms with E-state index in [4.69, 9.17) is 0 Å². The van der Waals surface area contributed by atoms with Crippen LogP contribution in [0.25, 0.3) is 11.1 Å². The summed E-state index contributed by atoms with van der Waals surface area (Å²) in [7, 11) is 0. The average Bonchev–Trinajstić information content (AvgIpc) is 2.71. The lowest BCUT2D eigenvalue weighted by atomic mass is 10.1. The van der Waals surface area contributed by atoms with Crippen molar-refractivity contribution < 1.29 is 0 Å². The molecule has 66 valence electrons. The highest BCUT2D eigenvalue weighted by Crippen LogP contribution is 2.21. The number of hydrogen-bond acceptors (Lipinski definition) is 2. The fraction of sp³-hybridized carbons (Fsp3) is 0.100. The van der Waals surface area contributed by atoms with E-state index in [0.29, 0.717) is 0 Å². The summed E-state index contributed by atoms with van der Waals surface area (Å²) in [5.41, 5.74) is 3.74. The van der Waals surface area contributed by atoms with Crippen LogP contribution in [-0.4, -0.2) is 4.37 Å². The van der Waals surface area contributed by atoms with E-state index in [-0.39, 0.29) is 0 Å². The van der Waals surface area contributed by atoms with E-state index >= 15 is 0 Å². The van der Waals surface area contributed by atoms with Crippen molar-refractivity contribution in [3.63, 3.8) is 0 Å². The zero-order chi connectivity index (χ0) is 9.10. The van der Waals surface area contributed by atoms with Gasteiger partial charge in [0, 0.05) is 22.5 Å². The third-order valence-electron chi connectivity index (χ3n) is 1.85. The van der Waals surface area contributed by atoms with Gasteiger partial charge < -0.3 is 0 Å². The topological polar surface area (TPSA) is 12.9 Å². The highest BCUT2D eigenvalue weighted by Gasteiger charge is 1.98. The Morgan fingerprint density at radius 2 is 2.23 bits per heavy atom. The number of halogens is 1. The molecule has 2 rings (SSSR count). The second kappa shape index (κ2) is 4.03. The molecule has 1 aromatic carbocycles. The molecule has 0 saturated carbocycles. The molecule has 1 aromatic heterocycles. The molecular weight excluding hydrogens is 246 g/mol. The van der Waals surface area contributed by atoms with Crippen LogP contribution in [0.5, 0.6) is 0 Å². The van der Waals surface area contributed by atoms with Gasteiger partial charge in [-0.15, -0.1) is 0 Å². The fourth-order valence-corrected chi connectivity index (χ4v) is 2.08. The molecule has 0 atom stereocenters. The van der Waals surface area contributed by atoms with E-state index in [1.54, 1.807) is 0 Å². The predicted molar refractivity (Wildman–Crippen MR) is 60.2 cm³/mol. The molecule has 0 aliphatic rings. The summed E-state index contributed by atoms with van der Waals surface area (Å²) in [6, 6.07) is 8.47. The van der Waals surface area contributed by atoms with Gasteiger partial charge in [0.25, 0.3) is 0 Å². The molecule has 0 radical (unpaired) electrons. The van der Waals surface area contributed by atoms with Crippen LogP contribution in [0.15, 0.2) is 35.8 Å². The fourth-order valence-electron chi connectivity index (χ4n) is 1.18. The van der Waals surface area contributed by atoms with Gasteiger partial charge in [-0.25, -0.2) is 4.37 Å². The third-order valence-corrected chi connectivity index (χ3v) is 3.08. The van der Waals surface area contributed by atoms with E-state index in [9.17, 15) is 0 Å². The molecule has 0 unspecified atom stereocenters. The molecule has 1 heterocycles. The third kappa shape index (κ3) is 1.98. The Morgan fingerprint density at radius 3 is 2.92 bits per heavy atom. The van der Waals surface area contributed by atoms with Crippen LogP contribution in [0.3, 0.4) is 0 Å². The van der Waals surface area contributed by atoms with Gasteiger partial charge in [-0.1, -0.05) is 40.2 Å². The summed E-state index contributed by atoms with van der Waals surface area (Å²) in [6.45, 7) is 0. The van der Waals surface area contributed by atoms with Crippen LogP contribution in [0.1, 0.15) is 5.56 Å². The standard InChI is InChI=1S/C10H8BrNS/c11-5-8-2-1-3-9(4-8)10-6-12-13-7-10/h1-4,6-7H,5H2. The van der Waals surface area contributed by atoms with Crippen LogP contribution in [-0.2, 0) is 5.33 Å². The van der Waals surface area contributed by atoms with E-state index in [0.717, 1.165) is 5.33 Å². The van der Waals surface area contributed by atoms with Crippen molar-refractivity contribution in [3.8, 4) is 11.1 Å². The maximum Gasteiger partial charge on any atom is 0.0485 e. The van der Waals surface area contributed by atoms with Gasteiger partial charge in [-0.2, -0.15) is 0 Å². The Morgan fingerprint density at radius 1 is 1.31 bits per heavy atom. The minimum Gasteiger partial charge on any atom is -0.201 e. The maximum absolute atomic E-state index is 4.08.